The first kappa shape index (κ1) is 10.6. The van der Waals surface area contributed by atoms with Crippen molar-refractivity contribution in [2.45, 2.75) is 32.2 Å². The van der Waals surface area contributed by atoms with E-state index in [-0.39, 0.29) is 0 Å². The smallest absolute Gasteiger partial charge is 0.223 e. The van der Waals surface area contributed by atoms with Crippen molar-refractivity contribution in [3.63, 3.8) is 0 Å². The van der Waals surface area contributed by atoms with Crippen LogP contribution in [0, 0.1) is 6.92 Å². The lowest BCUT2D eigenvalue weighted by Gasteiger charge is -2.19. The van der Waals surface area contributed by atoms with Crippen molar-refractivity contribution in [3.8, 4) is 0 Å². The summed E-state index contributed by atoms with van der Waals surface area (Å²) in [6.07, 6.45) is 9.61. The number of allylic oxidation sites excluding steroid dienone is 1. The van der Waals surface area contributed by atoms with Crippen molar-refractivity contribution in [1.29, 1.82) is 0 Å². The van der Waals surface area contributed by atoms with Crippen molar-refractivity contribution in [2.75, 3.05) is 5.32 Å². The molecule has 1 unspecified atom stereocenters. The van der Waals surface area contributed by atoms with Crippen LogP contribution in [0.2, 0.25) is 0 Å². The molecular weight excluding hydrogens is 254 g/mol. The first-order chi connectivity index (χ1) is 7.25. The third kappa shape index (κ3) is 2.78. The first-order valence-electron chi connectivity index (χ1n) is 5.16. The third-order valence-electron chi connectivity index (χ3n) is 2.52. The summed E-state index contributed by atoms with van der Waals surface area (Å²) in [4.78, 5) is 8.61. The van der Waals surface area contributed by atoms with Crippen molar-refractivity contribution in [2.24, 2.45) is 0 Å². The average molecular weight is 268 g/mol. The van der Waals surface area contributed by atoms with E-state index in [0.29, 0.717) is 6.04 Å². The topological polar surface area (TPSA) is 37.8 Å². The Morgan fingerprint density at radius 1 is 1.47 bits per heavy atom. The molecule has 0 amide bonds. The van der Waals surface area contributed by atoms with Crippen molar-refractivity contribution in [3.05, 3.63) is 28.5 Å². The standard InChI is InChI=1S/C11H14BrN3/c1-8-10(12)7-13-11(14-8)15-9-5-3-2-4-6-9/h2-3,7,9H,4-6H2,1H3,(H,13,14,15). The summed E-state index contributed by atoms with van der Waals surface area (Å²) in [7, 11) is 0. The molecule has 1 N–H and O–H groups in total. The lowest BCUT2D eigenvalue weighted by Crippen LogP contribution is -2.21. The lowest BCUT2D eigenvalue weighted by atomic mass is 10.0. The predicted octanol–water partition coefficient (Wildman–Crippen LogP) is 3.07. The van der Waals surface area contributed by atoms with Crippen LogP contribution >= 0.6 is 15.9 Å². The Labute approximate surface area is 98.1 Å². The van der Waals surface area contributed by atoms with E-state index in [2.05, 4.69) is 43.4 Å². The Bertz CT molecular complexity index is 376. The number of halogens is 1. The van der Waals surface area contributed by atoms with Gasteiger partial charge in [0.1, 0.15) is 0 Å². The molecule has 0 bridgehead atoms. The van der Waals surface area contributed by atoms with Gasteiger partial charge in [0.05, 0.1) is 10.2 Å². The highest BCUT2D eigenvalue weighted by Gasteiger charge is 2.10. The zero-order chi connectivity index (χ0) is 10.7. The van der Waals surface area contributed by atoms with E-state index in [1.807, 2.05) is 6.92 Å². The van der Waals surface area contributed by atoms with Crippen LogP contribution in [0.5, 0.6) is 0 Å². The highest BCUT2D eigenvalue weighted by Crippen LogP contribution is 2.17. The summed E-state index contributed by atoms with van der Waals surface area (Å²) in [5.74, 6) is 0.732. The molecule has 80 valence electrons. The Morgan fingerprint density at radius 2 is 2.33 bits per heavy atom. The maximum Gasteiger partial charge on any atom is 0.223 e. The molecule has 0 aliphatic heterocycles. The Balaban J connectivity index is 2.04. The summed E-state index contributed by atoms with van der Waals surface area (Å²) in [5.41, 5.74) is 0.971. The second-order valence-electron chi connectivity index (χ2n) is 3.75. The molecule has 0 radical (unpaired) electrons. The average Bonchev–Trinajstić information content (AvgIpc) is 2.25. The van der Waals surface area contributed by atoms with Crippen molar-refractivity contribution < 1.29 is 0 Å². The Hall–Kier alpha value is -0.900. The Morgan fingerprint density at radius 3 is 3.00 bits per heavy atom. The van der Waals surface area contributed by atoms with E-state index in [1.165, 1.54) is 0 Å². The highest BCUT2D eigenvalue weighted by atomic mass is 79.9. The Kier molecular flexibility index (Phi) is 3.36. The summed E-state index contributed by atoms with van der Waals surface area (Å²) in [6.45, 7) is 1.97. The van der Waals surface area contributed by atoms with E-state index < -0.39 is 0 Å². The van der Waals surface area contributed by atoms with E-state index in [1.54, 1.807) is 6.20 Å². The minimum absolute atomic E-state index is 0.482. The molecule has 1 aliphatic carbocycles. The van der Waals surface area contributed by atoms with Gasteiger partial charge in [-0.1, -0.05) is 12.2 Å². The zero-order valence-corrected chi connectivity index (χ0v) is 10.3. The van der Waals surface area contributed by atoms with Gasteiger partial charge in [-0.05, 0) is 42.1 Å². The fraction of sp³-hybridized carbons (Fsp3) is 0.455. The van der Waals surface area contributed by atoms with Gasteiger partial charge in [0, 0.05) is 12.2 Å². The number of hydrogen-bond acceptors (Lipinski definition) is 3. The fourth-order valence-corrected chi connectivity index (χ4v) is 1.82. The molecule has 0 spiro atoms. The van der Waals surface area contributed by atoms with E-state index in [4.69, 9.17) is 0 Å². The number of rotatable bonds is 2. The van der Waals surface area contributed by atoms with Gasteiger partial charge in [0.25, 0.3) is 0 Å². The number of hydrogen-bond donors (Lipinski definition) is 1. The molecule has 1 heterocycles. The monoisotopic (exact) mass is 267 g/mol. The number of aromatic nitrogens is 2. The molecule has 1 aromatic heterocycles. The van der Waals surface area contributed by atoms with Gasteiger partial charge >= 0.3 is 0 Å². The largest absolute Gasteiger partial charge is 0.351 e. The number of aryl methyl sites for hydroxylation is 1. The molecule has 2 rings (SSSR count). The minimum Gasteiger partial charge on any atom is -0.351 e. The van der Waals surface area contributed by atoms with Crippen LogP contribution in [0.15, 0.2) is 22.8 Å². The van der Waals surface area contributed by atoms with Gasteiger partial charge in [-0.3, -0.25) is 0 Å². The van der Waals surface area contributed by atoms with Crippen LogP contribution < -0.4 is 5.32 Å². The van der Waals surface area contributed by atoms with Gasteiger partial charge in [0.15, 0.2) is 0 Å². The fourth-order valence-electron chi connectivity index (χ4n) is 1.63. The number of nitrogens with zero attached hydrogens (tertiary/aromatic N) is 2. The summed E-state index contributed by atoms with van der Waals surface area (Å²) < 4.78 is 0.955. The molecule has 15 heavy (non-hydrogen) atoms. The maximum absolute atomic E-state index is 4.37. The summed E-state index contributed by atoms with van der Waals surface area (Å²) in [5, 5.41) is 3.35. The zero-order valence-electron chi connectivity index (χ0n) is 8.70. The lowest BCUT2D eigenvalue weighted by molar-refractivity contribution is 0.638. The maximum atomic E-state index is 4.37. The molecule has 0 fully saturated rings. The molecular formula is C11H14BrN3. The predicted molar refractivity (Wildman–Crippen MR) is 64.9 cm³/mol. The summed E-state index contributed by atoms with van der Waals surface area (Å²) >= 11 is 3.39. The van der Waals surface area contributed by atoms with Crippen LogP contribution in [0.1, 0.15) is 25.0 Å². The second-order valence-corrected chi connectivity index (χ2v) is 4.61. The van der Waals surface area contributed by atoms with Gasteiger partial charge in [-0.15, -0.1) is 0 Å². The molecule has 1 aliphatic rings. The first-order valence-corrected chi connectivity index (χ1v) is 5.95. The van der Waals surface area contributed by atoms with E-state index in [9.17, 15) is 0 Å². The van der Waals surface area contributed by atoms with E-state index in [0.717, 1.165) is 35.4 Å². The van der Waals surface area contributed by atoms with Gasteiger partial charge in [-0.25, -0.2) is 9.97 Å². The SMILES string of the molecule is Cc1nc(NC2CC=CCC2)ncc1Br. The van der Waals surface area contributed by atoms with Gasteiger partial charge < -0.3 is 5.32 Å². The molecule has 4 heteroatoms. The van der Waals surface area contributed by atoms with Crippen molar-refractivity contribution in [1.82, 2.24) is 9.97 Å². The van der Waals surface area contributed by atoms with E-state index >= 15 is 0 Å². The van der Waals surface area contributed by atoms with Crippen LogP contribution in [-0.4, -0.2) is 16.0 Å². The van der Waals surface area contributed by atoms with Crippen molar-refractivity contribution >= 4 is 21.9 Å². The highest BCUT2D eigenvalue weighted by molar-refractivity contribution is 9.10. The number of nitrogens with one attached hydrogen (secondary N) is 1. The molecule has 1 aromatic rings. The molecule has 0 saturated carbocycles. The molecule has 3 nitrogen and oxygen atoms in total. The van der Waals surface area contributed by atoms with Gasteiger partial charge in [-0.2, -0.15) is 0 Å². The van der Waals surface area contributed by atoms with Crippen LogP contribution in [-0.2, 0) is 0 Å². The van der Waals surface area contributed by atoms with Crippen LogP contribution in [0.25, 0.3) is 0 Å². The summed E-state index contributed by atoms with van der Waals surface area (Å²) in [6, 6.07) is 0.482. The second kappa shape index (κ2) is 4.75. The van der Waals surface area contributed by atoms with Crippen LogP contribution in [0.4, 0.5) is 5.95 Å². The van der Waals surface area contributed by atoms with Crippen LogP contribution in [0.3, 0.4) is 0 Å². The number of anilines is 1. The third-order valence-corrected chi connectivity index (χ3v) is 3.30. The molecule has 1 atom stereocenters. The normalized spacial score (nSPS) is 20.3. The minimum atomic E-state index is 0.482. The quantitative estimate of drug-likeness (QED) is 0.837. The molecule has 0 aromatic carbocycles. The molecule has 0 saturated heterocycles. The van der Waals surface area contributed by atoms with Gasteiger partial charge in [0.2, 0.25) is 5.95 Å².